The summed E-state index contributed by atoms with van der Waals surface area (Å²) in [6.07, 6.45) is 7.66. The van der Waals surface area contributed by atoms with Crippen LogP contribution >= 0.6 is 0 Å². The van der Waals surface area contributed by atoms with Gasteiger partial charge in [-0.2, -0.15) is 0 Å². The molecule has 1 amide bonds. The second-order valence-electron chi connectivity index (χ2n) is 4.18. The molecule has 0 aliphatic heterocycles. The summed E-state index contributed by atoms with van der Waals surface area (Å²) in [6.45, 7) is 2.37. The number of ether oxygens (including phenoxy) is 1. The molecule has 0 radical (unpaired) electrons. The molecule has 1 aliphatic rings. The molecule has 5 nitrogen and oxygen atoms in total. The van der Waals surface area contributed by atoms with Gasteiger partial charge in [-0.05, 0) is 37.3 Å². The van der Waals surface area contributed by atoms with E-state index < -0.39 is 12.1 Å². The summed E-state index contributed by atoms with van der Waals surface area (Å²) in [5.74, 6) is -0.0921. The van der Waals surface area contributed by atoms with E-state index in [1.807, 2.05) is 12.2 Å². The van der Waals surface area contributed by atoms with Crippen molar-refractivity contribution in [3.8, 4) is 0 Å². The van der Waals surface area contributed by atoms with Crippen LogP contribution in [-0.2, 0) is 14.3 Å². The van der Waals surface area contributed by atoms with Gasteiger partial charge in [0, 0.05) is 6.54 Å². The average molecular weight is 253 g/mol. The van der Waals surface area contributed by atoms with Crippen molar-refractivity contribution >= 4 is 12.4 Å². The minimum Gasteiger partial charge on any atom is -0.479 e. The van der Waals surface area contributed by atoms with Gasteiger partial charge >= 0.3 is 5.97 Å². The molecule has 0 aromatic heterocycles. The second-order valence-corrected chi connectivity index (χ2v) is 4.18. The Kier molecular flexibility index (Phi) is 5.97. The molecular weight excluding hydrogens is 234 g/mol. The van der Waals surface area contributed by atoms with Crippen LogP contribution in [0.2, 0.25) is 0 Å². The number of aliphatic carboxylic acids is 1. The molecule has 0 spiro atoms. The number of carbonyl (C=O) groups is 2. The van der Waals surface area contributed by atoms with E-state index >= 15 is 0 Å². The third-order valence-electron chi connectivity index (χ3n) is 2.80. The van der Waals surface area contributed by atoms with Gasteiger partial charge in [0.15, 0.2) is 6.10 Å². The summed E-state index contributed by atoms with van der Waals surface area (Å²) < 4.78 is 5.42. The van der Waals surface area contributed by atoms with Crippen molar-refractivity contribution in [1.29, 1.82) is 0 Å². The van der Waals surface area contributed by atoms with Crippen LogP contribution in [-0.4, -0.2) is 30.1 Å². The first kappa shape index (κ1) is 14.3. The summed E-state index contributed by atoms with van der Waals surface area (Å²) in [6, 6.07) is 0. The topological polar surface area (TPSA) is 75.6 Å². The van der Waals surface area contributed by atoms with Crippen molar-refractivity contribution in [2.45, 2.75) is 32.3 Å². The number of hydrogen-bond donors (Lipinski definition) is 2. The van der Waals surface area contributed by atoms with E-state index in [-0.39, 0.29) is 5.92 Å². The van der Waals surface area contributed by atoms with Crippen LogP contribution in [0.15, 0.2) is 24.0 Å². The van der Waals surface area contributed by atoms with Crippen LogP contribution in [0.1, 0.15) is 26.2 Å². The van der Waals surface area contributed by atoms with E-state index in [2.05, 4.69) is 5.32 Å². The first-order chi connectivity index (χ1) is 8.67. The van der Waals surface area contributed by atoms with Gasteiger partial charge in [0.1, 0.15) is 5.76 Å². The molecule has 1 aliphatic carbocycles. The fourth-order valence-corrected chi connectivity index (χ4v) is 1.76. The molecule has 0 heterocycles. The van der Waals surface area contributed by atoms with Crippen LogP contribution in [0.25, 0.3) is 0 Å². The quantitative estimate of drug-likeness (QED) is 0.673. The van der Waals surface area contributed by atoms with Crippen molar-refractivity contribution in [2.75, 3.05) is 6.54 Å². The Labute approximate surface area is 107 Å². The SMILES string of the molecule is CCC(OC1=CCCC(CNC=O)C=C1)C(=O)O. The summed E-state index contributed by atoms with van der Waals surface area (Å²) in [5.41, 5.74) is 0. The molecule has 2 N–H and O–H groups in total. The molecule has 2 atom stereocenters. The highest BCUT2D eigenvalue weighted by Crippen LogP contribution is 2.18. The number of carboxylic acids is 1. The predicted molar refractivity (Wildman–Crippen MR) is 66.8 cm³/mol. The molecule has 0 saturated heterocycles. The molecule has 0 aromatic carbocycles. The highest BCUT2D eigenvalue weighted by atomic mass is 16.5. The number of allylic oxidation sites excluding steroid dienone is 2. The summed E-state index contributed by atoms with van der Waals surface area (Å²) in [4.78, 5) is 21.1. The van der Waals surface area contributed by atoms with Crippen LogP contribution in [0.5, 0.6) is 0 Å². The van der Waals surface area contributed by atoms with E-state index in [1.54, 1.807) is 13.0 Å². The highest BCUT2D eigenvalue weighted by molar-refractivity contribution is 5.72. The first-order valence-corrected chi connectivity index (χ1v) is 6.12. The molecule has 0 fully saturated rings. The number of amides is 1. The van der Waals surface area contributed by atoms with E-state index in [9.17, 15) is 9.59 Å². The largest absolute Gasteiger partial charge is 0.479 e. The third kappa shape index (κ3) is 4.61. The van der Waals surface area contributed by atoms with Crippen LogP contribution in [0, 0.1) is 5.92 Å². The summed E-state index contributed by atoms with van der Waals surface area (Å²) in [5, 5.41) is 11.6. The predicted octanol–water partition coefficient (Wildman–Crippen LogP) is 1.46. The van der Waals surface area contributed by atoms with Crippen molar-refractivity contribution in [3.05, 3.63) is 24.0 Å². The molecule has 0 bridgehead atoms. The maximum Gasteiger partial charge on any atom is 0.344 e. The molecule has 5 heteroatoms. The van der Waals surface area contributed by atoms with Crippen molar-refractivity contribution in [3.63, 3.8) is 0 Å². The van der Waals surface area contributed by atoms with E-state index in [0.29, 0.717) is 25.1 Å². The Morgan fingerprint density at radius 1 is 1.72 bits per heavy atom. The lowest BCUT2D eigenvalue weighted by Gasteiger charge is -2.13. The van der Waals surface area contributed by atoms with Gasteiger partial charge in [0.2, 0.25) is 6.41 Å². The summed E-state index contributed by atoms with van der Waals surface area (Å²) >= 11 is 0. The Morgan fingerprint density at radius 2 is 2.50 bits per heavy atom. The molecular formula is C13H19NO4. The zero-order chi connectivity index (χ0) is 13.4. The Morgan fingerprint density at radius 3 is 3.11 bits per heavy atom. The first-order valence-electron chi connectivity index (χ1n) is 6.12. The summed E-state index contributed by atoms with van der Waals surface area (Å²) in [7, 11) is 0. The lowest BCUT2D eigenvalue weighted by molar-refractivity contribution is -0.147. The lowest BCUT2D eigenvalue weighted by Crippen LogP contribution is -2.22. The zero-order valence-electron chi connectivity index (χ0n) is 10.5. The van der Waals surface area contributed by atoms with Gasteiger partial charge in [-0.3, -0.25) is 4.79 Å². The maximum absolute atomic E-state index is 10.9. The number of rotatable bonds is 7. The normalized spacial score (nSPS) is 20.5. The lowest BCUT2D eigenvalue weighted by atomic mass is 10.0. The average Bonchev–Trinajstić information content (AvgIpc) is 2.58. The Hall–Kier alpha value is -1.78. The van der Waals surface area contributed by atoms with Crippen LogP contribution in [0.4, 0.5) is 0 Å². The Balaban J connectivity index is 2.54. The van der Waals surface area contributed by atoms with Gasteiger partial charge in [0.05, 0.1) is 0 Å². The number of hydrogen-bond acceptors (Lipinski definition) is 3. The minimum absolute atomic E-state index is 0.262. The standard InChI is InChI=1S/C13H19NO4/c1-2-12(13(16)17)18-11-5-3-4-10(6-7-11)8-14-9-15/h5-7,9-10,12H,2-4,8H2,1H3,(H,14,15)(H,16,17). The van der Waals surface area contributed by atoms with Gasteiger partial charge in [-0.1, -0.05) is 13.0 Å². The molecule has 100 valence electrons. The van der Waals surface area contributed by atoms with Gasteiger partial charge in [0.25, 0.3) is 0 Å². The van der Waals surface area contributed by atoms with Crippen LogP contribution in [0.3, 0.4) is 0 Å². The number of carboxylic acid groups (broad SMARTS) is 1. The van der Waals surface area contributed by atoms with Crippen molar-refractivity contribution in [1.82, 2.24) is 5.32 Å². The smallest absolute Gasteiger partial charge is 0.344 e. The van der Waals surface area contributed by atoms with E-state index in [4.69, 9.17) is 9.84 Å². The van der Waals surface area contributed by atoms with Gasteiger partial charge < -0.3 is 15.2 Å². The fourth-order valence-electron chi connectivity index (χ4n) is 1.76. The van der Waals surface area contributed by atoms with Crippen LogP contribution < -0.4 is 5.32 Å². The van der Waals surface area contributed by atoms with Crippen molar-refractivity contribution < 1.29 is 19.4 Å². The third-order valence-corrected chi connectivity index (χ3v) is 2.80. The monoisotopic (exact) mass is 253 g/mol. The second kappa shape index (κ2) is 7.53. The molecule has 0 aromatic rings. The van der Waals surface area contributed by atoms with E-state index in [1.165, 1.54) is 0 Å². The number of carbonyl (C=O) groups excluding carboxylic acids is 1. The molecule has 2 unspecified atom stereocenters. The zero-order valence-corrected chi connectivity index (χ0v) is 10.5. The molecule has 0 saturated carbocycles. The molecule has 18 heavy (non-hydrogen) atoms. The maximum atomic E-state index is 10.9. The fraction of sp³-hybridized carbons (Fsp3) is 0.538. The minimum atomic E-state index is -0.949. The molecule has 1 rings (SSSR count). The highest BCUT2D eigenvalue weighted by Gasteiger charge is 2.18. The van der Waals surface area contributed by atoms with E-state index in [0.717, 1.165) is 12.8 Å². The van der Waals surface area contributed by atoms with Gasteiger partial charge in [-0.15, -0.1) is 0 Å². The van der Waals surface area contributed by atoms with Crippen molar-refractivity contribution in [2.24, 2.45) is 5.92 Å². The number of nitrogens with one attached hydrogen (secondary N) is 1. The Bertz CT molecular complexity index is 349. The van der Waals surface area contributed by atoms with Gasteiger partial charge in [-0.25, -0.2) is 4.79 Å².